The highest BCUT2D eigenvalue weighted by Gasteiger charge is 2.15. The van der Waals surface area contributed by atoms with Gasteiger partial charge in [-0.15, -0.1) is 0 Å². The van der Waals surface area contributed by atoms with Crippen LogP contribution < -0.4 is 15.8 Å². The Morgan fingerprint density at radius 2 is 2.06 bits per heavy atom. The van der Waals surface area contributed by atoms with E-state index in [0.717, 1.165) is 18.0 Å². The Morgan fingerprint density at radius 1 is 1.41 bits per heavy atom. The molecule has 0 radical (unpaired) electrons. The van der Waals surface area contributed by atoms with E-state index in [9.17, 15) is 0 Å². The van der Waals surface area contributed by atoms with Gasteiger partial charge in [0.15, 0.2) is 16.6 Å². The molecule has 0 bridgehead atoms. The molecule has 1 aromatic rings. The minimum Gasteiger partial charge on any atom is -0.484 e. The average Bonchev–Trinajstić information content (AvgIpc) is 2.47. The Balaban J connectivity index is 2.59. The number of anilines is 2. The van der Waals surface area contributed by atoms with Crippen molar-refractivity contribution in [3.05, 3.63) is 0 Å². The average molecular weight is 257 g/mol. The van der Waals surface area contributed by atoms with Crippen molar-refractivity contribution in [3.8, 4) is 5.75 Å². The fourth-order valence-corrected chi connectivity index (χ4v) is 1.98. The lowest BCUT2D eigenvalue weighted by molar-refractivity contribution is 0.245. The molecule has 0 aliphatic heterocycles. The van der Waals surface area contributed by atoms with Gasteiger partial charge in [0.2, 0.25) is 0 Å². The Bertz CT molecular complexity index is 355. The number of rotatable bonds is 5. The summed E-state index contributed by atoms with van der Waals surface area (Å²) in [6.45, 7) is 11.5. The van der Waals surface area contributed by atoms with Crippen molar-refractivity contribution in [2.24, 2.45) is 5.41 Å². The van der Waals surface area contributed by atoms with Crippen LogP contribution in [-0.4, -0.2) is 17.0 Å². The largest absolute Gasteiger partial charge is 0.484 e. The van der Waals surface area contributed by atoms with Crippen molar-refractivity contribution in [3.63, 3.8) is 0 Å². The van der Waals surface area contributed by atoms with Crippen LogP contribution in [-0.2, 0) is 0 Å². The van der Waals surface area contributed by atoms with Gasteiger partial charge in [-0.2, -0.15) is 4.37 Å². The van der Waals surface area contributed by atoms with E-state index in [4.69, 9.17) is 10.5 Å². The summed E-state index contributed by atoms with van der Waals surface area (Å²) in [5, 5.41) is 4.28. The molecule has 5 heteroatoms. The zero-order chi connectivity index (χ0) is 13.1. The van der Waals surface area contributed by atoms with Crippen LogP contribution in [0.5, 0.6) is 5.75 Å². The van der Waals surface area contributed by atoms with Gasteiger partial charge in [0.05, 0.1) is 6.10 Å². The molecule has 0 saturated heterocycles. The highest BCUT2D eigenvalue weighted by atomic mass is 32.1. The molecule has 4 nitrogen and oxygen atoms in total. The van der Waals surface area contributed by atoms with Gasteiger partial charge in [-0.05, 0) is 37.2 Å². The number of nitrogens with zero attached hydrogens (tertiary/aromatic N) is 1. The summed E-state index contributed by atoms with van der Waals surface area (Å²) in [4.78, 5) is 0. The predicted octanol–water partition coefficient (Wildman–Crippen LogP) is 3.36. The van der Waals surface area contributed by atoms with Crippen LogP contribution in [0.15, 0.2) is 0 Å². The van der Waals surface area contributed by atoms with Crippen LogP contribution in [0.2, 0.25) is 0 Å². The van der Waals surface area contributed by atoms with Crippen LogP contribution in [0.1, 0.15) is 41.0 Å². The molecular formula is C12H23N3OS. The molecule has 98 valence electrons. The lowest BCUT2D eigenvalue weighted by Gasteiger charge is -2.18. The maximum absolute atomic E-state index is 5.78. The van der Waals surface area contributed by atoms with Crippen LogP contribution in [0.3, 0.4) is 0 Å². The summed E-state index contributed by atoms with van der Waals surface area (Å²) >= 11 is 1.36. The van der Waals surface area contributed by atoms with E-state index in [0.29, 0.717) is 17.0 Å². The van der Waals surface area contributed by atoms with Gasteiger partial charge in [0.25, 0.3) is 0 Å². The summed E-state index contributed by atoms with van der Waals surface area (Å²) < 4.78 is 9.78. The third kappa shape index (κ3) is 4.81. The van der Waals surface area contributed by atoms with E-state index in [1.54, 1.807) is 0 Å². The van der Waals surface area contributed by atoms with Crippen LogP contribution in [0.25, 0.3) is 0 Å². The molecule has 17 heavy (non-hydrogen) atoms. The molecule has 0 saturated carbocycles. The molecule has 0 unspecified atom stereocenters. The number of hydrogen-bond acceptors (Lipinski definition) is 5. The molecule has 0 aliphatic rings. The number of nitrogen functional groups attached to an aromatic ring is 1. The van der Waals surface area contributed by atoms with E-state index in [2.05, 4.69) is 30.5 Å². The molecule has 1 rings (SSSR count). The van der Waals surface area contributed by atoms with Crippen LogP contribution >= 0.6 is 11.5 Å². The highest BCUT2D eigenvalue weighted by Crippen LogP contribution is 2.36. The van der Waals surface area contributed by atoms with Gasteiger partial charge >= 0.3 is 0 Å². The molecular weight excluding hydrogens is 234 g/mol. The first-order chi connectivity index (χ1) is 7.79. The molecule has 0 aromatic carbocycles. The standard InChI is InChI=1S/C12H23N3OS/c1-8(2)16-9-10(13)15-17-11(9)14-7-6-12(3,4)5/h8,14H,6-7H2,1-5H3,(H2,13,15). The first kappa shape index (κ1) is 14.1. The van der Waals surface area contributed by atoms with Crippen molar-refractivity contribution < 1.29 is 4.74 Å². The Labute approximate surface area is 108 Å². The number of nitrogens with two attached hydrogens (primary N) is 1. The zero-order valence-corrected chi connectivity index (χ0v) is 12.1. The Kier molecular flexibility index (Phi) is 4.62. The van der Waals surface area contributed by atoms with E-state index >= 15 is 0 Å². The number of ether oxygens (including phenoxy) is 1. The number of nitrogens with one attached hydrogen (secondary N) is 1. The summed E-state index contributed by atoms with van der Waals surface area (Å²) in [5.74, 6) is 1.17. The normalized spacial score (nSPS) is 11.9. The Morgan fingerprint density at radius 3 is 2.59 bits per heavy atom. The molecule has 0 spiro atoms. The minimum atomic E-state index is 0.108. The van der Waals surface area contributed by atoms with E-state index in [1.807, 2.05) is 13.8 Å². The van der Waals surface area contributed by atoms with Gasteiger partial charge in [-0.1, -0.05) is 20.8 Å². The molecule has 0 fully saturated rings. The maximum Gasteiger partial charge on any atom is 0.197 e. The molecule has 1 aromatic heterocycles. The van der Waals surface area contributed by atoms with E-state index in [1.165, 1.54) is 11.5 Å². The fourth-order valence-electron chi connectivity index (χ4n) is 1.31. The second-order valence-corrected chi connectivity index (χ2v) is 6.40. The fraction of sp³-hybridized carbons (Fsp3) is 0.750. The van der Waals surface area contributed by atoms with Crippen molar-refractivity contribution in [2.75, 3.05) is 17.6 Å². The van der Waals surface area contributed by atoms with Crippen molar-refractivity contribution >= 4 is 22.4 Å². The summed E-state index contributed by atoms with van der Waals surface area (Å²) in [6, 6.07) is 0. The lowest BCUT2D eigenvalue weighted by atomic mass is 9.92. The van der Waals surface area contributed by atoms with Gasteiger partial charge in [-0.25, -0.2) is 0 Å². The summed E-state index contributed by atoms with van der Waals surface area (Å²) in [5.41, 5.74) is 6.10. The third-order valence-electron chi connectivity index (χ3n) is 2.19. The first-order valence-corrected chi connectivity index (χ1v) is 6.72. The second kappa shape index (κ2) is 5.58. The first-order valence-electron chi connectivity index (χ1n) is 5.95. The van der Waals surface area contributed by atoms with Gasteiger partial charge in [0, 0.05) is 6.54 Å². The molecule has 0 aliphatic carbocycles. The molecule has 0 atom stereocenters. The van der Waals surface area contributed by atoms with Crippen molar-refractivity contribution in [1.82, 2.24) is 4.37 Å². The number of aromatic nitrogens is 1. The van der Waals surface area contributed by atoms with Gasteiger partial charge in [0.1, 0.15) is 0 Å². The number of hydrogen-bond donors (Lipinski definition) is 2. The topological polar surface area (TPSA) is 60.2 Å². The van der Waals surface area contributed by atoms with Crippen LogP contribution in [0.4, 0.5) is 10.8 Å². The third-order valence-corrected chi connectivity index (χ3v) is 2.99. The predicted molar refractivity (Wildman–Crippen MR) is 74.9 cm³/mol. The van der Waals surface area contributed by atoms with Gasteiger partial charge < -0.3 is 15.8 Å². The Hall–Kier alpha value is -0.970. The SMILES string of the molecule is CC(C)Oc1c(N)nsc1NCCC(C)(C)C. The molecule has 0 amide bonds. The molecule has 3 N–H and O–H groups in total. The summed E-state index contributed by atoms with van der Waals surface area (Å²) in [6.07, 6.45) is 1.20. The maximum atomic E-state index is 5.78. The van der Waals surface area contributed by atoms with E-state index in [-0.39, 0.29) is 6.10 Å². The smallest absolute Gasteiger partial charge is 0.197 e. The second-order valence-electron chi connectivity index (χ2n) is 5.63. The zero-order valence-electron chi connectivity index (χ0n) is 11.3. The van der Waals surface area contributed by atoms with Crippen molar-refractivity contribution in [1.29, 1.82) is 0 Å². The quantitative estimate of drug-likeness (QED) is 0.849. The highest BCUT2D eigenvalue weighted by molar-refractivity contribution is 7.11. The van der Waals surface area contributed by atoms with Gasteiger partial charge in [-0.3, -0.25) is 0 Å². The van der Waals surface area contributed by atoms with Crippen LogP contribution in [0, 0.1) is 5.41 Å². The summed E-state index contributed by atoms with van der Waals surface area (Å²) in [7, 11) is 0. The van der Waals surface area contributed by atoms with Crippen molar-refractivity contribution in [2.45, 2.75) is 47.1 Å². The molecule has 1 heterocycles. The lowest BCUT2D eigenvalue weighted by Crippen LogP contribution is -2.13. The monoisotopic (exact) mass is 257 g/mol. The minimum absolute atomic E-state index is 0.108. The van der Waals surface area contributed by atoms with E-state index < -0.39 is 0 Å².